The van der Waals surface area contributed by atoms with Gasteiger partial charge in [-0.15, -0.1) is 0 Å². The molecular formula is C8H7NaO3S. The van der Waals surface area contributed by atoms with Crippen LogP contribution in [0.3, 0.4) is 0 Å². The maximum absolute atomic E-state index is 10.5. The van der Waals surface area contributed by atoms with E-state index in [1.54, 1.807) is 18.2 Å². The molecule has 5 heteroatoms. The molecule has 0 heterocycles. The van der Waals surface area contributed by atoms with Crippen molar-refractivity contribution in [2.75, 3.05) is 0 Å². The largest absolute Gasteiger partial charge is 1.00 e. The molecule has 1 aromatic carbocycles. The minimum Gasteiger partial charge on any atom is -0.744 e. The van der Waals surface area contributed by atoms with Gasteiger partial charge >= 0.3 is 29.6 Å². The van der Waals surface area contributed by atoms with Crippen LogP contribution in [0.5, 0.6) is 0 Å². The van der Waals surface area contributed by atoms with Crippen molar-refractivity contribution < 1.29 is 42.5 Å². The average Bonchev–Trinajstić information content (AvgIpc) is 2.03. The van der Waals surface area contributed by atoms with Crippen molar-refractivity contribution in [3.8, 4) is 0 Å². The van der Waals surface area contributed by atoms with E-state index >= 15 is 0 Å². The molecule has 1 aromatic rings. The Hall–Kier alpha value is -0.130. The fourth-order valence-corrected chi connectivity index (χ4v) is 1.19. The average molecular weight is 206 g/mol. The van der Waals surface area contributed by atoms with Crippen LogP contribution >= 0.6 is 0 Å². The Bertz CT molecular complexity index is 383. The Morgan fingerprint density at radius 1 is 1.23 bits per heavy atom. The summed E-state index contributed by atoms with van der Waals surface area (Å²) < 4.78 is 31.4. The van der Waals surface area contributed by atoms with Gasteiger partial charge in [-0.1, -0.05) is 36.9 Å². The third kappa shape index (κ3) is 3.62. The fraction of sp³-hybridized carbons (Fsp3) is 0. The van der Waals surface area contributed by atoms with Gasteiger partial charge in [0.2, 0.25) is 0 Å². The first kappa shape index (κ1) is 12.9. The van der Waals surface area contributed by atoms with Crippen LogP contribution in [-0.2, 0) is 10.1 Å². The third-order valence-electron chi connectivity index (χ3n) is 1.40. The van der Waals surface area contributed by atoms with Crippen LogP contribution in [0.25, 0.3) is 4.91 Å². The zero-order valence-corrected chi connectivity index (χ0v) is 10.0. The van der Waals surface area contributed by atoms with Gasteiger partial charge in [-0.05, 0) is 5.56 Å². The first-order valence-electron chi connectivity index (χ1n) is 3.22. The number of benzene rings is 1. The smallest absolute Gasteiger partial charge is 0.744 e. The second kappa shape index (κ2) is 4.93. The van der Waals surface area contributed by atoms with Gasteiger partial charge in [0.25, 0.3) is 0 Å². The van der Waals surface area contributed by atoms with E-state index in [2.05, 4.69) is 6.58 Å². The Morgan fingerprint density at radius 3 is 2.08 bits per heavy atom. The Kier molecular flexibility index (Phi) is 4.88. The van der Waals surface area contributed by atoms with Crippen LogP contribution in [0, 0.1) is 0 Å². The second-order valence-electron chi connectivity index (χ2n) is 2.24. The predicted octanol–water partition coefficient (Wildman–Crippen LogP) is -1.79. The maximum Gasteiger partial charge on any atom is 1.00 e. The Balaban J connectivity index is 0.00000144. The molecule has 0 aliphatic carbocycles. The van der Waals surface area contributed by atoms with E-state index in [-0.39, 0.29) is 34.5 Å². The molecular weight excluding hydrogens is 199 g/mol. The topological polar surface area (TPSA) is 57.2 Å². The molecule has 1 rings (SSSR count). The van der Waals surface area contributed by atoms with Crippen molar-refractivity contribution in [3.63, 3.8) is 0 Å². The molecule has 0 radical (unpaired) electrons. The molecule has 0 bridgehead atoms. The van der Waals surface area contributed by atoms with Crippen molar-refractivity contribution in [2.24, 2.45) is 0 Å². The molecule has 0 aromatic heterocycles. The quantitative estimate of drug-likeness (QED) is 0.424. The van der Waals surface area contributed by atoms with Gasteiger partial charge in [-0.25, -0.2) is 8.42 Å². The van der Waals surface area contributed by atoms with Crippen molar-refractivity contribution in [3.05, 3.63) is 42.5 Å². The van der Waals surface area contributed by atoms with E-state index in [9.17, 15) is 13.0 Å². The van der Waals surface area contributed by atoms with E-state index in [0.717, 1.165) is 0 Å². The van der Waals surface area contributed by atoms with Gasteiger partial charge in [0, 0.05) is 0 Å². The van der Waals surface area contributed by atoms with Gasteiger partial charge in [-0.3, -0.25) is 0 Å². The SMILES string of the molecule is C=C(c1ccccc1)S(=O)(=O)[O-].[Na+]. The van der Waals surface area contributed by atoms with Crippen molar-refractivity contribution >= 4 is 15.0 Å². The van der Waals surface area contributed by atoms with E-state index < -0.39 is 10.1 Å². The zero-order valence-electron chi connectivity index (χ0n) is 7.23. The van der Waals surface area contributed by atoms with Gasteiger partial charge in [0.15, 0.2) is 0 Å². The normalized spacial score (nSPS) is 10.2. The monoisotopic (exact) mass is 206 g/mol. The molecule has 0 amide bonds. The molecule has 64 valence electrons. The zero-order chi connectivity index (χ0) is 9.19. The Labute approximate surface area is 99.5 Å². The van der Waals surface area contributed by atoms with Crippen LogP contribution < -0.4 is 29.6 Å². The van der Waals surface area contributed by atoms with Gasteiger partial charge in [-0.2, -0.15) is 0 Å². The van der Waals surface area contributed by atoms with Crippen LogP contribution in [0.15, 0.2) is 36.9 Å². The summed E-state index contributed by atoms with van der Waals surface area (Å²) in [6.07, 6.45) is 0. The van der Waals surface area contributed by atoms with E-state index in [1.807, 2.05) is 0 Å². The molecule has 0 spiro atoms. The first-order valence-corrected chi connectivity index (χ1v) is 4.63. The van der Waals surface area contributed by atoms with Crippen LogP contribution in [0.4, 0.5) is 0 Å². The maximum atomic E-state index is 10.5. The summed E-state index contributed by atoms with van der Waals surface area (Å²) >= 11 is 0. The summed E-state index contributed by atoms with van der Waals surface area (Å²) in [4.78, 5) is -0.386. The summed E-state index contributed by atoms with van der Waals surface area (Å²) in [6, 6.07) is 8.07. The van der Waals surface area contributed by atoms with Crippen LogP contribution in [0.2, 0.25) is 0 Å². The molecule has 0 unspecified atom stereocenters. The molecule has 0 saturated heterocycles. The first-order chi connectivity index (χ1) is 5.52. The van der Waals surface area contributed by atoms with E-state index in [1.165, 1.54) is 12.1 Å². The van der Waals surface area contributed by atoms with Crippen molar-refractivity contribution in [2.45, 2.75) is 0 Å². The number of rotatable bonds is 2. The van der Waals surface area contributed by atoms with Gasteiger partial charge < -0.3 is 4.55 Å². The summed E-state index contributed by atoms with van der Waals surface area (Å²) in [6.45, 7) is 3.20. The summed E-state index contributed by atoms with van der Waals surface area (Å²) in [5.74, 6) is 0. The molecule has 0 N–H and O–H groups in total. The minimum atomic E-state index is -4.40. The van der Waals surface area contributed by atoms with Gasteiger partial charge in [0.1, 0.15) is 10.1 Å². The minimum absolute atomic E-state index is 0. The molecule has 3 nitrogen and oxygen atoms in total. The predicted molar refractivity (Wildman–Crippen MR) is 45.2 cm³/mol. The third-order valence-corrected chi connectivity index (χ3v) is 2.24. The van der Waals surface area contributed by atoms with Crippen LogP contribution in [-0.4, -0.2) is 13.0 Å². The van der Waals surface area contributed by atoms with E-state index in [4.69, 9.17) is 0 Å². The van der Waals surface area contributed by atoms with Gasteiger partial charge in [0.05, 0.1) is 4.91 Å². The molecule has 0 fully saturated rings. The summed E-state index contributed by atoms with van der Waals surface area (Å²) in [5.41, 5.74) is 0.340. The van der Waals surface area contributed by atoms with Crippen molar-refractivity contribution in [1.82, 2.24) is 0 Å². The molecule has 0 saturated carbocycles. The Morgan fingerprint density at radius 2 is 1.69 bits per heavy atom. The molecule has 13 heavy (non-hydrogen) atoms. The van der Waals surface area contributed by atoms with Crippen LogP contribution in [0.1, 0.15) is 5.56 Å². The summed E-state index contributed by atoms with van der Waals surface area (Å²) in [5, 5.41) is 0. The second-order valence-corrected chi connectivity index (χ2v) is 3.64. The standard InChI is InChI=1S/C8H8O3S.Na/c1-7(12(9,10)11)8-5-3-2-4-6-8;/h2-6H,1H2,(H,9,10,11);/q;+1/p-1. The molecule has 0 atom stereocenters. The molecule has 0 aliphatic heterocycles. The fourth-order valence-electron chi connectivity index (χ4n) is 0.768. The van der Waals surface area contributed by atoms with Crippen molar-refractivity contribution in [1.29, 1.82) is 0 Å². The number of hydrogen-bond acceptors (Lipinski definition) is 3. The summed E-state index contributed by atoms with van der Waals surface area (Å²) in [7, 11) is -4.40. The number of hydrogen-bond donors (Lipinski definition) is 0. The van der Waals surface area contributed by atoms with E-state index in [0.29, 0.717) is 5.56 Å². The molecule has 0 aliphatic rings.